The molecule has 2 rings (SSSR count). The predicted molar refractivity (Wildman–Crippen MR) is 119 cm³/mol. The fraction of sp³-hybridized carbons (Fsp3) is 0.409. The number of carbonyl (C=O) groups is 1. The van der Waals surface area contributed by atoms with Gasteiger partial charge in [-0.25, -0.2) is 0 Å². The first kappa shape index (κ1) is 30.4. The summed E-state index contributed by atoms with van der Waals surface area (Å²) >= 11 is 0. The van der Waals surface area contributed by atoms with Crippen molar-refractivity contribution in [2.24, 2.45) is 0 Å². The molecular formula is C22H33EuF3N2O2Si+2. The number of halogens is 3. The molecule has 173 valence electrons. The molecule has 0 bridgehead atoms. The van der Waals surface area contributed by atoms with Crippen molar-refractivity contribution in [2.45, 2.75) is 19.3 Å². The number of aliphatic hydroxyl groups excluding tert-OH is 1. The van der Waals surface area contributed by atoms with E-state index in [2.05, 4.69) is 55.4 Å². The average Bonchev–Trinajstić information content (AvgIpc) is 2.59. The van der Waals surface area contributed by atoms with Crippen molar-refractivity contribution >= 4 is 25.0 Å². The Kier molecular flexibility index (Phi) is 10.8. The summed E-state index contributed by atoms with van der Waals surface area (Å²) in [6.07, 6.45) is -4.73. The third kappa shape index (κ3) is 8.37. The van der Waals surface area contributed by atoms with E-state index in [0.29, 0.717) is 0 Å². The summed E-state index contributed by atoms with van der Waals surface area (Å²) in [6, 6.07) is 11.7. The van der Waals surface area contributed by atoms with E-state index in [4.69, 9.17) is 5.11 Å². The molecule has 9 heteroatoms. The Morgan fingerprint density at radius 2 is 1.35 bits per heavy atom. The maximum Gasteiger partial charge on any atom is 0.514 e. The second-order valence-corrected chi connectivity index (χ2v) is 15.1. The number of rotatable bonds is 4. The number of allylic oxidation sites excluding steroid dienone is 2. The number of benzene rings is 2. The number of quaternary nitrogens is 2. The van der Waals surface area contributed by atoms with Gasteiger partial charge in [-0.15, -0.1) is 0 Å². The van der Waals surface area contributed by atoms with Crippen LogP contribution in [0, 0.1) is 49.4 Å². The van der Waals surface area contributed by atoms with Gasteiger partial charge in [-0.05, 0) is 16.8 Å². The minimum absolute atomic E-state index is 0. The van der Waals surface area contributed by atoms with Crippen LogP contribution in [0.25, 0.3) is 10.8 Å². The van der Waals surface area contributed by atoms with Gasteiger partial charge in [0.1, 0.15) is 0 Å². The molecule has 0 aliphatic carbocycles. The predicted octanol–water partition coefficient (Wildman–Crippen LogP) is 5.13. The maximum atomic E-state index is 12.1. The second-order valence-electron chi connectivity index (χ2n) is 9.47. The van der Waals surface area contributed by atoms with Crippen LogP contribution in [0.15, 0.2) is 54.3 Å². The van der Waals surface area contributed by atoms with E-state index < -0.39 is 26.1 Å². The summed E-state index contributed by atoms with van der Waals surface area (Å²) in [6.45, 7) is 4.88. The van der Waals surface area contributed by atoms with Crippen molar-refractivity contribution in [3.8, 4) is 0 Å². The summed E-state index contributed by atoms with van der Waals surface area (Å²) in [5.74, 6) is -2.79. The van der Waals surface area contributed by atoms with E-state index >= 15 is 0 Å². The molecule has 4 nitrogen and oxygen atoms in total. The van der Waals surface area contributed by atoms with Crippen molar-refractivity contribution in [3.05, 3.63) is 59.9 Å². The van der Waals surface area contributed by atoms with Crippen LogP contribution in [0.1, 0.15) is 10.4 Å². The Hall–Kier alpha value is -0.579. The Bertz CT molecular complexity index is 915. The molecular weight excluding hydrogens is 561 g/mol. The molecule has 0 unspecified atom stereocenters. The van der Waals surface area contributed by atoms with Crippen LogP contribution in [-0.4, -0.2) is 76.0 Å². The van der Waals surface area contributed by atoms with Crippen LogP contribution in [0.4, 0.5) is 13.2 Å². The molecule has 0 aliphatic rings. The van der Waals surface area contributed by atoms with Crippen molar-refractivity contribution < 1.29 is 80.7 Å². The van der Waals surface area contributed by atoms with E-state index in [1.807, 2.05) is 12.1 Å². The number of hydrogen-bond donors (Lipinski definition) is 1. The van der Waals surface area contributed by atoms with Crippen molar-refractivity contribution in [1.29, 1.82) is 0 Å². The van der Waals surface area contributed by atoms with Crippen LogP contribution in [0.3, 0.4) is 0 Å². The van der Waals surface area contributed by atoms with E-state index in [9.17, 15) is 18.0 Å². The molecule has 0 amide bonds. The van der Waals surface area contributed by atoms with Gasteiger partial charge in [0.25, 0.3) is 0 Å². The Balaban J connectivity index is 0.000000650. The smallest absolute Gasteiger partial charge is 0.504 e. The third-order valence-corrected chi connectivity index (χ3v) is 12.4. The molecule has 0 heterocycles. The molecule has 31 heavy (non-hydrogen) atoms. The first-order valence-corrected chi connectivity index (χ1v) is 12.4. The largest absolute Gasteiger partial charge is 0.514 e. The van der Waals surface area contributed by atoms with Gasteiger partial charge >= 0.3 is 14.6 Å². The minimum Gasteiger partial charge on any atom is -0.504 e. The maximum absolute atomic E-state index is 12.1. The summed E-state index contributed by atoms with van der Waals surface area (Å²) in [5, 5.41) is 10.4. The van der Waals surface area contributed by atoms with Crippen molar-refractivity contribution in [1.82, 2.24) is 0 Å². The van der Waals surface area contributed by atoms with Gasteiger partial charge in [-0.3, -0.25) is 4.79 Å². The zero-order chi connectivity index (χ0) is 23.5. The standard InChI is InChI=1S/C14H9F3O2.C8H24N2Si.Eu/c15-14(16,17)13(19)8-12(18)11-6-5-9-3-1-2-4-10(9)7-11;1-9(2,3)11(7,8)10(4,5)6;/h1-8,19H;1-8H3;/q;+2;. The van der Waals surface area contributed by atoms with Gasteiger partial charge in [-0.2, -0.15) is 13.2 Å². The van der Waals surface area contributed by atoms with Gasteiger partial charge in [0, 0.05) is 74.1 Å². The molecule has 0 fully saturated rings. The zero-order valence-corrected chi connectivity index (χ0v) is 22.8. The van der Waals surface area contributed by atoms with Crippen LogP contribution >= 0.6 is 0 Å². The molecule has 0 aromatic heterocycles. The average molecular weight is 595 g/mol. The number of hydrogen-bond acceptors (Lipinski definition) is 2. The normalized spacial score (nSPS) is 13.2. The topological polar surface area (TPSA) is 37.3 Å². The van der Waals surface area contributed by atoms with Gasteiger partial charge in [0.2, 0.25) is 5.76 Å². The third-order valence-electron chi connectivity index (χ3n) is 5.88. The molecule has 2 aromatic carbocycles. The first-order valence-electron chi connectivity index (χ1n) is 9.52. The molecule has 1 radical (unpaired) electrons. The number of alkyl halides is 3. The summed E-state index contributed by atoms with van der Waals surface area (Å²) in [4.78, 5) is 11.6. The number of nitrogens with zero attached hydrogens (tertiary/aromatic N) is 2. The number of fused-ring (bicyclic) bond motifs is 1. The summed E-state index contributed by atoms with van der Waals surface area (Å²) in [7, 11) is 12.6. The van der Waals surface area contributed by atoms with Crippen LogP contribution in [-0.2, 0) is 0 Å². The van der Waals surface area contributed by atoms with E-state index in [0.717, 1.165) is 19.1 Å². The first-order chi connectivity index (χ1) is 13.4. The minimum atomic E-state index is -4.91. The van der Waals surface area contributed by atoms with Gasteiger partial charge in [0.05, 0.1) is 42.3 Å². The number of carbonyl (C=O) groups excluding carboxylic acids is 1. The SMILES string of the molecule is C[N+](C)(C)[Si](C)(C)[N+](C)(C)C.O=C(C=C(O)C(F)(F)F)c1ccc2ccccc2c1.[Eu]. The molecule has 0 spiro atoms. The van der Waals surface area contributed by atoms with Gasteiger partial charge in [0.15, 0.2) is 5.78 Å². The van der Waals surface area contributed by atoms with Crippen molar-refractivity contribution in [2.75, 3.05) is 42.3 Å². The number of ketones is 1. The Morgan fingerprint density at radius 3 is 1.74 bits per heavy atom. The molecule has 0 aliphatic heterocycles. The summed E-state index contributed by atoms with van der Waals surface area (Å²) in [5.41, 5.74) is 0.0921. The zero-order valence-electron chi connectivity index (χ0n) is 19.4. The molecule has 0 saturated heterocycles. The monoisotopic (exact) mass is 595 g/mol. The molecule has 0 atom stereocenters. The van der Waals surface area contributed by atoms with Crippen molar-refractivity contribution in [3.63, 3.8) is 0 Å². The Labute approximate surface area is 225 Å². The molecule has 0 saturated carbocycles. The fourth-order valence-electron chi connectivity index (χ4n) is 2.53. The van der Waals surface area contributed by atoms with Crippen LogP contribution in [0.2, 0.25) is 13.1 Å². The number of aliphatic hydroxyl groups is 1. The summed E-state index contributed by atoms with van der Waals surface area (Å²) < 4.78 is 38.6. The van der Waals surface area contributed by atoms with Crippen LogP contribution in [0.5, 0.6) is 0 Å². The van der Waals surface area contributed by atoms with E-state index in [1.165, 1.54) is 12.1 Å². The van der Waals surface area contributed by atoms with Gasteiger partial charge in [-0.1, -0.05) is 36.4 Å². The Morgan fingerprint density at radius 1 is 0.903 bits per heavy atom. The quantitative estimate of drug-likeness (QED) is 0.231. The molecule has 1 N–H and O–H groups in total. The van der Waals surface area contributed by atoms with Crippen LogP contribution < -0.4 is 0 Å². The van der Waals surface area contributed by atoms with E-state index in [-0.39, 0.29) is 61.0 Å². The fourth-order valence-corrected chi connectivity index (χ4v) is 4.33. The van der Waals surface area contributed by atoms with Gasteiger partial charge < -0.3 is 13.4 Å². The second kappa shape index (κ2) is 11.0. The molecule has 2 aromatic rings. The van der Waals surface area contributed by atoms with E-state index in [1.54, 1.807) is 18.2 Å².